The molecule has 7 heteroatoms. The van der Waals surface area contributed by atoms with E-state index in [4.69, 9.17) is 0 Å². The Morgan fingerprint density at radius 2 is 1.96 bits per heavy atom. The summed E-state index contributed by atoms with van der Waals surface area (Å²) in [7, 11) is 0. The quantitative estimate of drug-likeness (QED) is 0.629. The monoisotopic (exact) mass is 389 g/mol. The number of hydrogen-bond acceptors (Lipinski definition) is 4. The molecule has 0 saturated carbocycles. The van der Waals surface area contributed by atoms with Crippen molar-refractivity contribution < 1.29 is 9.18 Å². The van der Waals surface area contributed by atoms with Crippen molar-refractivity contribution in [3.63, 3.8) is 0 Å². The number of amides is 1. The Morgan fingerprint density at radius 1 is 1.30 bits per heavy atom. The van der Waals surface area contributed by atoms with Gasteiger partial charge >= 0.3 is 0 Å². The number of piperidine rings is 1. The molecule has 1 fully saturated rings. The van der Waals surface area contributed by atoms with Crippen LogP contribution in [0.15, 0.2) is 34.2 Å². The summed E-state index contributed by atoms with van der Waals surface area (Å²) in [4.78, 5) is 34.0. The third kappa shape index (κ3) is 5.19. The van der Waals surface area contributed by atoms with Crippen LogP contribution in [0.4, 0.5) is 4.39 Å². The first-order valence-electron chi connectivity index (χ1n) is 9.17. The molecule has 0 unspecified atom stereocenters. The minimum absolute atomic E-state index is 0.0102. The third-order valence-corrected chi connectivity index (χ3v) is 5.90. The van der Waals surface area contributed by atoms with Crippen LogP contribution in [-0.2, 0) is 17.0 Å². The molecule has 2 aromatic rings. The van der Waals surface area contributed by atoms with Gasteiger partial charge < -0.3 is 9.88 Å². The number of thioether (sulfide) groups is 1. The normalized spacial score (nSPS) is 15.1. The van der Waals surface area contributed by atoms with Crippen LogP contribution in [0.25, 0.3) is 0 Å². The molecule has 0 bridgehead atoms. The molecular formula is C20H24FN3O2S. The zero-order valence-electron chi connectivity index (χ0n) is 15.6. The number of benzene rings is 1. The van der Waals surface area contributed by atoms with E-state index in [2.05, 4.69) is 16.9 Å². The van der Waals surface area contributed by atoms with Crippen molar-refractivity contribution in [2.45, 2.75) is 44.0 Å². The first-order chi connectivity index (χ1) is 12.9. The summed E-state index contributed by atoms with van der Waals surface area (Å²) >= 11 is 1.38. The topological polar surface area (TPSA) is 66.1 Å². The fraction of sp³-hybridized carbons (Fsp3) is 0.450. The van der Waals surface area contributed by atoms with E-state index in [1.165, 1.54) is 23.9 Å². The standard InChI is InChI=1S/C20H24FN3O2S/c1-13-7-9-24(10-8-13)18(25)11-17-14(2)22-20(23-19(17)26)27-12-15-3-5-16(21)6-4-15/h3-6,13H,7-12H2,1-2H3,(H,22,23,26). The molecule has 0 atom stereocenters. The van der Waals surface area contributed by atoms with Gasteiger partial charge in [-0.05, 0) is 43.4 Å². The van der Waals surface area contributed by atoms with E-state index in [0.29, 0.717) is 28.1 Å². The zero-order valence-corrected chi connectivity index (χ0v) is 16.4. The fourth-order valence-electron chi connectivity index (χ4n) is 3.11. The van der Waals surface area contributed by atoms with E-state index in [1.807, 2.05) is 4.90 Å². The van der Waals surface area contributed by atoms with Gasteiger partial charge in [-0.25, -0.2) is 9.37 Å². The molecule has 0 spiro atoms. The molecule has 1 aromatic carbocycles. The molecule has 5 nitrogen and oxygen atoms in total. The molecule has 1 N–H and O–H groups in total. The highest BCUT2D eigenvalue weighted by Gasteiger charge is 2.22. The van der Waals surface area contributed by atoms with E-state index in [9.17, 15) is 14.0 Å². The van der Waals surface area contributed by atoms with Gasteiger partial charge in [0, 0.05) is 30.1 Å². The van der Waals surface area contributed by atoms with E-state index in [1.54, 1.807) is 19.1 Å². The number of likely N-dealkylation sites (tertiary alicyclic amines) is 1. The molecule has 1 saturated heterocycles. The Hall–Kier alpha value is -2.15. The summed E-state index contributed by atoms with van der Waals surface area (Å²) < 4.78 is 13.0. The molecule has 1 amide bonds. The lowest BCUT2D eigenvalue weighted by Crippen LogP contribution is -2.39. The molecule has 1 aromatic heterocycles. The van der Waals surface area contributed by atoms with Gasteiger partial charge in [-0.1, -0.05) is 30.8 Å². The molecule has 144 valence electrons. The van der Waals surface area contributed by atoms with Gasteiger partial charge in [0.05, 0.1) is 6.42 Å². The first-order valence-corrected chi connectivity index (χ1v) is 10.2. The number of halogens is 1. The first kappa shape index (κ1) is 19.6. The number of rotatable bonds is 5. The van der Waals surface area contributed by atoms with E-state index in [-0.39, 0.29) is 23.7 Å². The van der Waals surface area contributed by atoms with E-state index < -0.39 is 0 Å². The molecule has 1 aliphatic heterocycles. The Kier molecular flexibility index (Phi) is 6.31. The lowest BCUT2D eigenvalue weighted by molar-refractivity contribution is -0.131. The third-order valence-electron chi connectivity index (χ3n) is 4.95. The van der Waals surface area contributed by atoms with Crippen molar-refractivity contribution in [1.29, 1.82) is 0 Å². The summed E-state index contributed by atoms with van der Waals surface area (Å²) in [5.41, 5.74) is 1.70. The van der Waals surface area contributed by atoms with Crippen molar-refractivity contribution in [3.8, 4) is 0 Å². The number of nitrogens with one attached hydrogen (secondary N) is 1. The van der Waals surface area contributed by atoms with E-state index >= 15 is 0 Å². The second-order valence-corrected chi connectivity index (χ2v) is 8.05. The minimum atomic E-state index is -0.275. The van der Waals surface area contributed by atoms with Crippen LogP contribution in [0.5, 0.6) is 0 Å². The molecular weight excluding hydrogens is 365 g/mol. The van der Waals surface area contributed by atoms with Gasteiger partial charge in [0.25, 0.3) is 5.56 Å². The molecule has 1 aliphatic rings. The molecule has 2 heterocycles. The van der Waals surface area contributed by atoms with Crippen LogP contribution in [0, 0.1) is 18.7 Å². The number of hydrogen-bond donors (Lipinski definition) is 1. The highest BCUT2D eigenvalue weighted by atomic mass is 32.2. The fourth-order valence-corrected chi connectivity index (χ4v) is 3.98. The zero-order chi connectivity index (χ0) is 19.4. The van der Waals surface area contributed by atoms with Crippen molar-refractivity contribution in [1.82, 2.24) is 14.9 Å². The van der Waals surface area contributed by atoms with Crippen LogP contribution >= 0.6 is 11.8 Å². The van der Waals surface area contributed by atoms with Crippen molar-refractivity contribution in [3.05, 3.63) is 57.3 Å². The summed E-state index contributed by atoms with van der Waals surface area (Å²) in [6.07, 6.45) is 2.11. The van der Waals surface area contributed by atoms with Gasteiger partial charge in [-0.2, -0.15) is 0 Å². The molecule has 0 aliphatic carbocycles. The van der Waals surface area contributed by atoms with Crippen LogP contribution in [-0.4, -0.2) is 33.9 Å². The van der Waals surface area contributed by atoms with Gasteiger partial charge in [0.1, 0.15) is 5.82 Å². The van der Waals surface area contributed by atoms with Crippen LogP contribution in [0.3, 0.4) is 0 Å². The van der Waals surface area contributed by atoms with Gasteiger partial charge in [0.15, 0.2) is 5.16 Å². The van der Waals surface area contributed by atoms with Crippen LogP contribution in [0.1, 0.15) is 36.6 Å². The lowest BCUT2D eigenvalue weighted by Gasteiger charge is -2.30. The van der Waals surface area contributed by atoms with Crippen molar-refractivity contribution >= 4 is 17.7 Å². The number of aromatic nitrogens is 2. The number of carbonyl (C=O) groups is 1. The number of aromatic amines is 1. The Bertz CT molecular complexity index is 859. The minimum Gasteiger partial charge on any atom is -0.342 e. The van der Waals surface area contributed by atoms with Gasteiger partial charge in [0.2, 0.25) is 5.91 Å². The summed E-state index contributed by atoms with van der Waals surface area (Å²) in [5.74, 6) is 0.943. The average Bonchev–Trinajstić information content (AvgIpc) is 2.64. The van der Waals surface area contributed by atoms with Crippen LogP contribution in [0.2, 0.25) is 0 Å². The predicted molar refractivity (Wildman–Crippen MR) is 104 cm³/mol. The molecule has 27 heavy (non-hydrogen) atoms. The second-order valence-electron chi connectivity index (χ2n) is 7.09. The highest BCUT2D eigenvalue weighted by Crippen LogP contribution is 2.20. The summed E-state index contributed by atoms with van der Waals surface area (Å²) in [5, 5.41) is 0.504. The summed E-state index contributed by atoms with van der Waals surface area (Å²) in [6.45, 7) is 5.48. The van der Waals surface area contributed by atoms with Crippen LogP contribution < -0.4 is 5.56 Å². The van der Waals surface area contributed by atoms with Crippen molar-refractivity contribution in [2.24, 2.45) is 5.92 Å². The van der Waals surface area contributed by atoms with Crippen molar-refractivity contribution in [2.75, 3.05) is 13.1 Å². The van der Waals surface area contributed by atoms with Gasteiger partial charge in [-0.3, -0.25) is 9.59 Å². The number of nitrogens with zero attached hydrogens (tertiary/aromatic N) is 2. The average molecular weight is 389 g/mol. The molecule has 3 rings (SSSR count). The van der Waals surface area contributed by atoms with Gasteiger partial charge in [-0.15, -0.1) is 0 Å². The SMILES string of the molecule is Cc1nc(SCc2ccc(F)cc2)[nH]c(=O)c1CC(=O)N1CCC(C)CC1. The lowest BCUT2D eigenvalue weighted by atomic mass is 9.98. The van der Waals surface area contributed by atoms with E-state index in [0.717, 1.165) is 31.5 Å². The Balaban J connectivity index is 1.64. The maximum atomic E-state index is 13.0. The largest absolute Gasteiger partial charge is 0.342 e. The number of carbonyl (C=O) groups excluding carboxylic acids is 1. The summed E-state index contributed by atoms with van der Waals surface area (Å²) in [6, 6.07) is 6.24. The highest BCUT2D eigenvalue weighted by molar-refractivity contribution is 7.98. The smallest absolute Gasteiger partial charge is 0.255 e. The Morgan fingerprint density at radius 3 is 2.59 bits per heavy atom. The Labute approximate surface area is 162 Å². The predicted octanol–water partition coefficient (Wildman–Crippen LogP) is 3.31. The molecule has 0 radical (unpaired) electrons. The second kappa shape index (κ2) is 8.69. The maximum absolute atomic E-state index is 13.0. The number of aryl methyl sites for hydroxylation is 1. The maximum Gasteiger partial charge on any atom is 0.255 e. The number of H-pyrrole nitrogens is 1.